The van der Waals surface area contributed by atoms with E-state index < -0.39 is 0 Å². The van der Waals surface area contributed by atoms with Gasteiger partial charge in [-0.2, -0.15) is 0 Å². The van der Waals surface area contributed by atoms with Gasteiger partial charge in [0.25, 0.3) is 0 Å². The van der Waals surface area contributed by atoms with Crippen molar-refractivity contribution in [2.45, 2.75) is 0 Å². The lowest BCUT2D eigenvalue weighted by Gasteiger charge is -2.26. The monoisotopic (exact) mass is 548 g/mol. The molecule has 0 aromatic heterocycles. The second-order valence-electron chi connectivity index (χ2n) is 10.9. The Morgan fingerprint density at radius 2 is 0.860 bits per heavy atom. The summed E-state index contributed by atoms with van der Waals surface area (Å²) in [5, 5.41) is 10.5. The van der Waals surface area contributed by atoms with Gasteiger partial charge in [-0.25, -0.2) is 0 Å². The lowest BCUT2D eigenvalue weighted by molar-refractivity contribution is 1.28. The van der Waals surface area contributed by atoms with Crippen LogP contribution in [0.3, 0.4) is 0 Å². The second kappa shape index (κ2) is 10.3. The summed E-state index contributed by atoms with van der Waals surface area (Å²) in [6.45, 7) is 0. The van der Waals surface area contributed by atoms with Crippen LogP contribution >= 0.6 is 0 Å². The predicted molar refractivity (Wildman–Crippen MR) is 182 cm³/mol. The van der Waals surface area contributed by atoms with E-state index in [1.54, 1.807) is 0 Å². The minimum absolute atomic E-state index is 0.915. The van der Waals surface area contributed by atoms with Gasteiger partial charge in [-0.05, 0) is 97.2 Å². The zero-order valence-electron chi connectivity index (χ0n) is 23.5. The standard InChI is InChI=1S/C41H28N2/c42-27-30-9-4-5-12-34(30)28-17-21-32(22-18-28)43(31-10-2-1-3-11-31)33-23-19-29(20-24-33)35-25-26-40-37-14-7-6-13-36(37)39-16-8-15-38(35)41(39)40/h1-27,42H. The molecule has 0 heterocycles. The van der Waals surface area contributed by atoms with Crippen molar-refractivity contribution in [1.82, 2.24) is 0 Å². The van der Waals surface area contributed by atoms with Gasteiger partial charge in [-0.1, -0.05) is 121 Å². The number of para-hydroxylation sites is 1. The van der Waals surface area contributed by atoms with Crippen molar-refractivity contribution in [3.8, 4) is 44.5 Å². The average Bonchev–Trinajstić information content (AvgIpc) is 3.41. The number of rotatable bonds is 6. The Morgan fingerprint density at radius 3 is 1.51 bits per heavy atom. The summed E-state index contributed by atoms with van der Waals surface area (Å²) in [5.41, 5.74) is 14.1. The predicted octanol–water partition coefficient (Wildman–Crippen LogP) is 11.3. The maximum absolute atomic E-state index is 7.81. The molecule has 202 valence electrons. The maximum atomic E-state index is 7.81. The Hall–Kier alpha value is -5.73. The molecule has 0 aliphatic heterocycles. The summed E-state index contributed by atoms with van der Waals surface area (Å²) in [7, 11) is 0. The molecule has 8 rings (SSSR count). The van der Waals surface area contributed by atoms with Gasteiger partial charge in [-0.15, -0.1) is 0 Å². The first-order valence-electron chi connectivity index (χ1n) is 14.6. The summed E-state index contributed by atoms with van der Waals surface area (Å²) >= 11 is 0. The summed E-state index contributed by atoms with van der Waals surface area (Å²) in [4.78, 5) is 2.29. The van der Waals surface area contributed by atoms with Gasteiger partial charge in [-0.3, -0.25) is 0 Å². The van der Waals surface area contributed by atoms with E-state index in [0.717, 1.165) is 33.8 Å². The molecule has 0 radical (unpaired) electrons. The third-order valence-corrected chi connectivity index (χ3v) is 8.55. The smallest absolute Gasteiger partial charge is 0.0462 e. The highest BCUT2D eigenvalue weighted by Gasteiger charge is 2.22. The summed E-state index contributed by atoms with van der Waals surface area (Å²) < 4.78 is 0. The number of benzene rings is 7. The molecule has 0 saturated heterocycles. The Balaban J connectivity index is 1.19. The zero-order valence-corrected chi connectivity index (χ0v) is 23.5. The molecule has 1 aliphatic rings. The van der Waals surface area contributed by atoms with Crippen molar-refractivity contribution in [2.24, 2.45) is 0 Å². The van der Waals surface area contributed by atoms with E-state index in [1.165, 1.54) is 50.4 Å². The largest absolute Gasteiger partial charge is 0.311 e. The number of nitrogens with zero attached hydrogens (tertiary/aromatic N) is 1. The van der Waals surface area contributed by atoms with Gasteiger partial charge < -0.3 is 10.3 Å². The average molecular weight is 549 g/mol. The number of nitrogens with one attached hydrogen (secondary N) is 1. The molecule has 0 atom stereocenters. The molecule has 7 aromatic rings. The molecule has 2 nitrogen and oxygen atoms in total. The normalized spacial score (nSPS) is 11.3. The molecule has 0 amide bonds. The van der Waals surface area contributed by atoms with Gasteiger partial charge in [0.05, 0.1) is 0 Å². The van der Waals surface area contributed by atoms with Crippen molar-refractivity contribution in [1.29, 1.82) is 5.41 Å². The SMILES string of the molecule is N=Cc1ccccc1-c1ccc(N(c2ccccc2)c2ccc(-c3ccc4c5c(cccc35)-c3ccccc3-4)cc2)cc1. The van der Waals surface area contributed by atoms with Crippen LogP contribution in [0.15, 0.2) is 158 Å². The summed E-state index contributed by atoms with van der Waals surface area (Å²) in [6.07, 6.45) is 1.42. The topological polar surface area (TPSA) is 27.1 Å². The van der Waals surface area contributed by atoms with E-state index in [9.17, 15) is 0 Å². The van der Waals surface area contributed by atoms with Crippen LogP contribution in [-0.2, 0) is 0 Å². The minimum atomic E-state index is 0.915. The van der Waals surface area contributed by atoms with Crippen LogP contribution in [0.4, 0.5) is 17.1 Å². The lowest BCUT2D eigenvalue weighted by Crippen LogP contribution is -2.09. The van der Waals surface area contributed by atoms with Crippen molar-refractivity contribution in [2.75, 3.05) is 4.90 Å². The van der Waals surface area contributed by atoms with Crippen molar-refractivity contribution >= 4 is 34.0 Å². The van der Waals surface area contributed by atoms with Crippen molar-refractivity contribution in [3.05, 3.63) is 163 Å². The molecular weight excluding hydrogens is 520 g/mol. The van der Waals surface area contributed by atoms with E-state index in [-0.39, 0.29) is 0 Å². The van der Waals surface area contributed by atoms with Gasteiger partial charge in [0.15, 0.2) is 0 Å². The lowest BCUT2D eigenvalue weighted by atomic mass is 9.94. The molecular formula is C41H28N2. The number of fused-ring (bicyclic) bond motifs is 3. The molecule has 0 saturated carbocycles. The van der Waals surface area contributed by atoms with E-state index in [4.69, 9.17) is 5.41 Å². The molecule has 0 bridgehead atoms. The van der Waals surface area contributed by atoms with Crippen LogP contribution in [0.5, 0.6) is 0 Å². The van der Waals surface area contributed by atoms with Crippen LogP contribution in [0.25, 0.3) is 55.3 Å². The van der Waals surface area contributed by atoms with Crippen LogP contribution in [0, 0.1) is 5.41 Å². The van der Waals surface area contributed by atoms with Gasteiger partial charge >= 0.3 is 0 Å². The number of hydrogen-bond donors (Lipinski definition) is 1. The Bertz CT molecular complexity index is 2100. The molecule has 7 aromatic carbocycles. The number of hydrogen-bond acceptors (Lipinski definition) is 2. The van der Waals surface area contributed by atoms with Gasteiger partial charge in [0, 0.05) is 23.3 Å². The molecule has 1 N–H and O–H groups in total. The molecule has 0 spiro atoms. The fraction of sp³-hybridized carbons (Fsp3) is 0. The molecule has 43 heavy (non-hydrogen) atoms. The highest BCUT2D eigenvalue weighted by atomic mass is 15.1. The molecule has 0 unspecified atom stereocenters. The third-order valence-electron chi connectivity index (χ3n) is 8.55. The van der Waals surface area contributed by atoms with Crippen molar-refractivity contribution in [3.63, 3.8) is 0 Å². The van der Waals surface area contributed by atoms with Gasteiger partial charge in [0.2, 0.25) is 0 Å². The van der Waals surface area contributed by atoms with E-state index in [2.05, 4.69) is 144 Å². The van der Waals surface area contributed by atoms with Crippen LogP contribution < -0.4 is 4.90 Å². The molecule has 1 aliphatic carbocycles. The first-order chi connectivity index (χ1) is 21.3. The highest BCUT2D eigenvalue weighted by molar-refractivity contribution is 6.18. The van der Waals surface area contributed by atoms with E-state index in [0.29, 0.717) is 0 Å². The zero-order chi connectivity index (χ0) is 28.8. The first-order valence-corrected chi connectivity index (χ1v) is 14.6. The van der Waals surface area contributed by atoms with Crippen LogP contribution in [0.1, 0.15) is 5.56 Å². The minimum Gasteiger partial charge on any atom is -0.311 e. The number of anilines is 3. The summed E-state index contributed by atoms with van der Waals surface area (Å²) in [6, 6.07) is 56.1. The molecule has 2 heteroatoms. The van der Waals surface area contributed by atoms with Crippen molar-refractivity contribution < 1.29 is 0 Å². The fourth-order valence-corrected chi connectivity index (χ4v) is 6.55. The summed E-state index contributed by atoms with van der Waals surface area (Å²) in [5.74, 6) is 0. The first kappa shape index (κ1) is 25.0. The van der Waals surface area contributed by atoms with Gasteiger partial charge in [0.1, 0.15) is 0 Å². The Morgan fingerprint density at radius 1 is 0.372 bits per heavy atom. The second-order valence-corrected chi connectivity index (χ2v) is 10.9. The highest BCUT2D eigenvalue weighted by Crippen LogP contribution is 2.49. The van der Waals surface area contributed by atoms with Crippen LogP contribution in [0.2, 0.25) is 0 Å². The van der Waals surface area contributed by atoms with E-state index >= 15 is 0 Å². The Labute approximate surface area is 251 Å². The maximum Gasteiger partial charge on any atom is 0.0462 e. The third kappa shape index (κ3) is 4.15. The van der Waals surface area contributed by atoms with Crippen LogP contribution in [-0.4, -0.2) is 6.21 Å². The molecule has 0 fully saturated rings. The fourth-order valence-electron chi connectivity index (χ4n) is 6.55. The van der Waals surface area contributed by atoms with E-state index in [1.807, 2.05) is 18.2 Å². The Kier molecular flexibility index (Phi) is 5.98. The quantitative estimate of drug-likeness (QED) is 0.206.